The van der Waals surface area contributed by atoms with Crippen molar-refractivity contribution in [3.05, 3.63) is 28.2 Å². The fraction of sp³-hybridized carbons (Fsp3) is 0.571. The van der Waals surface area contributed by atoms with Crippen LogP contribution in [0.1, 0.15) is 18.9 Å². The van der Waals surface area contributed by atoms with Gasteiger partial charge in [0.05, 0.1) is 5.56 Å². The molecule has 1 aliphatic heterocycles. The molecule has 0 aliphatic carbocycles. The van der Waals surface area contributed by atoms with Crippen LogP contribution in [0.4, 0.5) is 18.9 Å². The Bertz CT molecular complexity index is 462. The van der Waals surface area contributed by atoms with Gasteiger partial charge >= 0.3 is 6.18 Å². The van der Waals surface area contributed by atoms with Gasteiger partial charge in [-0.3, -0.25) is 0 Å². The number of alkyl halides is 3. The highest BCUT2D eigenvalue weighted by molar-refractivity contribution is 9.10. The summed E-state index contributed by atoms with van der Waals surface area (Å²) < 4.78 is 38.2. The molecule has 0 radical (unpaired) electrons. The van der Waals surface area contributed by atoms with Crippen molar-refractivity contribution in [2.24, 2.45) is 5.92 Å². The van der Waals surface area contributed by atoms with Crippen molar-refractivity contribution in [3.8, 4) is 0 Å². The zero-order chi connectivity index (χ0) is 14.8. The molecule has 0 bridgehead atoms. The van der Waals surface area contributed by atoms with Crippen LogP contribution >= 0.6 is 15.9 Å². The first-order chi connectivity index (χ1) is 9.40. The minimum absolute atomic E-state index is 0.456. The first-order valence-electron chi connectivity index (χ1n) is 6.73. The number of nitrogens with one attached hydrogen (secondary N) is 1. The van der Waals surface area contributed by atoms with E-state index in [9.17, 15) is 13.2 Å². The van der Waals surface area contributed by atoms with E-state index in [1.807, 2.05) is 0 Å². The molecular weight excluding hydrogens is 333 g/mol. The van der Waals surface area contributed by atoms with Crippen LogP contribution in [0.15, 0.2) is 22.7 Å². The Morgan fingerprint density at radius 1 is 1.40 bits per heavy atom. The lowest BCUT2D eigenvalue weighted by Crippen LogP contribution is -2.22. The molecular formula is C14H18BrF3N2. The highest BCUT2D eigenvalue weighted by Gasteiger charge is 2.30. The molecule has 2 nitrogen and oxygen atoms in total. The zero-order valence-corrected chi connectivity index (χ0v) is 12.9. The SMILES string of the molecule is CCN1CCC(CNc2ccc(C(F)(F)F)cc2Br)C1. The first-order valence-corrected chi connectivity index (χ1v) is 7.52. The Morgan fingerprint density at radius 3 is 2.70 bits per heavy atom. The second-order valence-electron chi connectivity index (χ2n) is 5.12. The molecule has 0 aromatic heterocycles. The molecule has 1 N–H and O–H groups in total. The van der Waals surface area contributed by atoms with Gasteiger partial charge in [0, 0.05) is 23.2 Å². The van der Waals surface area contributed by atoms with Crippen molar-refractivity contribution in [2.75, 3.05) is 31.5 Å². The van der Waals surface area contributed by atoms with Crippen molar-refractivity contribution in [2.45, 2.75) is 19.5 Å². The normalized spacial score (nSPS) is 20.4. The molecule has 0 saturated carbocycles. The minimum Gasteiger partial charge on any atom is -0.384 e. The Kier molecular flexibility index (Phi) is 4.96. The molecule has 1 aliphatic rings. The predicted molar refractivity (Wildman–Crippen MR) is 77.9 cm³/mol. The molecule has 20 heavy (non-hydrogen) atoms. The number of likely N-dealkylation sites (tertiary alicyclic amines) is 1. The molecule has 1 atom stereocenters. The predicted octanol–water partition coefficient (Wildman–Crippen LogP) is 4.22. The van der Waals surface area contributed by atoms with Crippen molar-refractivity contribution < 1.29 is 13.2 Å². The molecule has 1 heterocycles. The van der Waals surface area contributed by atoms with Gasteiger partial charge in [-0.15, -0.1) is 0 Å². The summed E-state index contributed by atoms with van der Waals surface area (Å²) >= 11 is 3.20. The van der Waals surface area contributed by atoms with Crippen molar-refractivity contribution >= 4 is 21.6 Å². The average molecular weight is 351 g/mol. The van der Waals surface area contributed by atoms with E-state index in [4.69, 9.17) is 0 Å². The number of halogens is 4. The number of hydrogen-bond donors (Lipinski definition) is 1. The standard InChI is InChI=1S/C14H18BrF3N2/c1-2-20-6-5-10(9-20)8-19-13-4-3-11(7-12(13)15)14(16,17)18/h3-4,7,10,19H,2,5-6,8-9H2,1H3. The Hall–Kier alpha value is -0.750. The third-order valence-corrected chi connectivity index (χ3v) is 4.35. The van der Waals surface area contributed by atoms with Gasteiger partial charge in [-0.2, -0.15) is 13.2 Å². The summed E-state index contributed by atoms with van der Waals surface area (Å²) in [5.41, 5.74) is 0.0842. The van der Waals surface area contributed by atoms with E-state index in [-0.39, 0.29) is 0 Å². The van der Waals surface area contributed by atoms with Gasteiger partial charge in [-0.05, 0) is 59.6 Å². The van der Waals surface area contributed by atoms with Gasteiger partial charge in [-0.1, -0.05) is 6.92 Å². The van der Waals surface area contributed by atoms with E-state index in [0.29, 0.717) is 16.1 Å². The molecule has 1 aromatic rings. The topological polar surface area (TPSA) is 15.3 Å². The maximum Gasteiger partial charge on any atom is 0.416 e. The summed E-state index contributed by atoms with van der Waals surface area (Å²) in [6, 6.07) is 3.72. The van der Waals surface area contributed by atoms with Crippen molar-refractivity contribution in [1.29, 1.82) is 0 Å². The van der Waals surface area contributed by atoms with Gasteiger partial charge in [0.2, 0.25) is 0 Å². The third kappa shape index (κ3) is 3.88. The van der Waals surface area contributed by atoms with Crippen molar-refractivity contribution in [1.82, 2.24) is 4.90 Å². The van der Waals surface area contributed by atoms with Crippen LogP contribution in [-0.4, -0.2) is 31.1 Å². The van der Waals surface area contributed by atoms with E-state index >= 15 is 0 Å². The van der Waals surface area contributed by atoms with Gasteiger partial charge < -0.3 is 10.2 Å². The zero-order valence-electron chi connectivity index (χ0n) is 11.3. The summed E-state index contributed by atoms with van der Waals surface area (Å²) in [6.45, 7) is 6.15. The number of benzene rings is 1. The molecule has 0 amide bonds. The van der Waals surface area contributed by atoms with Gasteiger partial charge in [-0.25, -0.2) is 0 Å². The lowest BCUT2D eigenvalue weighted by molar-refractivity contribution is -0.137. The third-order valence-electron chi connectivity index (χ3n) is 3.69. The van der Waals surface area contributed by atoms with E-state index in [1.54, 1.807) is 0 Å². The van der Waals surface area contributed by atoms with Crippen LogP contribution in [0.5, 0.6) is 0 Å². The van der Waals surface area contributed by atoms with E-state index < -0.39 is 11.7 Å². The molecule has 1 aromatic carbocycles. The summed E-state index contributed by atoms with van der Waals surface area (Å²) in [4.78, 5) is 2.38. The van der Waals surface area contributed by atoms with Crippen LogP contribution in [-0.2, 0) is 6.18 Å². The summed E-state index contributed by atoms with van der Waals surface area (Å²) in [7, 11) is 0. The second kappa shape index (κ2) is 6.35. The Balaban J connectivity index is 1.94. The molecule has 1 saturated heterocycles. The molecule has 1 fully saturated rings. The molecule has 1 unspecified atom stereocenters. The van der Waals surface area contributed by atoms with E-state index in [2.05, 4.69) is 33.1 Å². The van der Waals surface area contributed by atoms with Gasteiger partial charge in [0.25, 0.3) is 0 Å². The minimum atomic E-state index is -4.30. The molecule has 0 spiro atoms. The quantitative estimate of drug-likeness (QED) is 0.874. The van der Waals surface area contributed by atoms with Gasteiger partial charge in [0.1, 0.15) is 0 Å². The number of anilines is 1. The first kappa shape index (κ1) is 15.6. The fourth-order valence-electron chi connectivity index (χ4n) is 2.46. The highest BCUT2D eigenvalue weighted by atomic mass is 79.9. The van der Waals surface area contributed by atoms with Crippen LogP contribution in [0, 0.1) is 5.92 Å². The van der Waals surface area contributed by atoms with Crippen LogP contribution < -0.4 is 5.32 Å². The average Bonchev–Trinajstić information content (AvgIpc) is 2.84. The molecule has 6 heteroatoms. The summed E-state index contributed by atoms with van der Waals surface area (Å²) in [5, 5.41) is 3.24. The highest BCUT2D eigenvalue weighted by Crippen LogP contribution is 2.34. The van der Waals surface area contributed by atoms with E-state index in [1.165, 1.54) is 6.07 Å². The second-order valence-corrected chi connectivity index (χ2v) is 5.98. The fourth-order valence-corrected chi connectivity index (χ4v) is 2.97. The van der Waals surface area contributed by atoms with Crippen LogP contribution in [0.3, 0.4) is 0 Å². The van der Waals surface area contributed by atoms with Crippen LogP contribution in [0.2, 0.25) is 0 Å². The molecule has 2 rings (SSSR count). The van der Waals surface area contributed by atoms with E-state index in [0.717, 1.165) is 44.7 Å². The number of nitrogens with zero attached hydrogens (tertiary/aromatic N) is 1. The maximum atomic E-state index is 12.6. The van der Waals surface area contributed by atoms with Crippen molar-refractivity contribution in [3.63, 3.8) is 0 Å². The monoisotopic (exact) mass is 350 g/mol. The summed E-state index contributed by atoms with van der Waals surface area (Å²) in [6.07, 6.45) is -3.16. The lowest BCUT2D eigenvalue weighted by Gasteiger charge is -2.16. The smallest absolute Gasteiger partial charge is 0.384 e. The lowest BCUT2D eigenvalue weighted by atomic mass is 10.1. The summed E-state index contributed by atoms with van der Waals surface area (Å²) in [5.74, 6) is 0.559. The largest absolute Gasteiger partial charge is 0.416 e. The number of hydrogen-bond acceptors (Lipinski definition) is 2. The maximum absolute atomic E-state index is 12.6. The van der Waals surface area contributed by atoms with Crippen LogP contribution in [0.25, 0.3) is 0 Å². The number of rotatable bonds is 4. The molecule has 112 valence electrons. The van der Waals surface area contributed by atoms with Gasteiger partial charge in [0.15, 0.2) is 0 Å². The Labute approximate surface area is 125 Å². The Morgan fingerprint density at radius 2 is 2.15 bits per heavy atom.